The molecule has 0 rings (SSSR count). The predicted molar refractivity (Wildman–Crippen MR) is 92.5 cm³/mol. The summed E-state index contributed by atoms with van der Waals surface area (Å²) >= 11 is 0. The fraction of sp³-hybridized carbons (Fsp3) is 0.778. The first-order chi connectivity index (χ1) is 12.2. The molecule has 0 saturated heterocycles. The lowest BCUT2D eigenvalue weighted by molar-refractivity contribution is -0.176. The van der Waals surface area contributed by atoms with Crippen LogP contribution in [0, 0.1) is 5.92 Å². The minimum Gasteiger partial charge on any atom is -0.481 e. The summed E-state index contributed by atoms with van der Waals surface area (Å²) in [6, 6.07) is 0. The van der Waals surface area contributed by atoms with E-state index in [0.717, 1.165) is 39.0 Å². The van der Waals surface area contributed by atoms with Gasteiger partial charge in [0.1, 0.15) is 6.10 Å². The topological polar surface area (TPSA) is 127 Å². The predicted octanol–water partition coefficient (Wildman–Crippen LogP) is 2.78. The first kappa shape index (κ1) is 23.9. The molecular weight excluding hydrogens is 344 g/mol. The summed E-state index contributed by atoms with van der Waals surface area (Å²) in [5.74, 6) is -5.36. The monoisotopic (exact) mass is 374 g/mol. The zero-order valence-electron chi connectivity index (χ0n) is 15.7. The SMILES string of the molecule is CCCCCCCCC(OC(C)=O)C(CC(=O)O)C(OC(C)=O)C(=O)O. The van der Waals surface area contributed by atoms with Crippen LogP contribution in [0.1, 0.15) is 72.1 Å². The number of carbonyl (C=O) groups is 4. The van der Waals surface area contributed by atoms with Gasteiger partial charge in [0.15, 0.2) is 0 Å². The van der Waals surface area contributed by atoms with Gasteiger partial charge in [-0.3, -0.25) is 14.4 Å². The minimum atomic E-state index is -1.69. The molecule has 0 aromatic rings. The van der Waals surface area contributed by atoms with Crippen molar-refractivity contribution in [3.63, 3.8) is 0 Å². The van der Waals surface area contributed by atoms with E-state index >= 15 is 0 Å². The number of ether oxygens (including phenoxy) is 2. The summed E-state index contributed by atoms with van der Waals surface area (Å²) in [4.78, 5) is 45.3. The highest BCUT2D eigenvalue weighted by atomic mass is 16.6. The van der Waals surface area contributed by atoms with Crippen LogP contribution in [-0.4, -0.2) is 46.3 Å². The Bertz CT molecular complexity index is 474. The van der Waals surface area contributed by atoms with Crippen molar-refractivity contribution < 1.29 is 38.9 Å². The van der Waals surface area contributed by atoms with Gasteiger partial charge < -0.3 is 19.7 Å². The second-order valence-electron chi connectivity index (χ2n) is 6.33. The molecule has 0 bridgehead atoms. The number of hydrogen-bond acceptors (Lipinski definition) is 6. The molecule has 0 spiro atoms. The maximum Gasteiger partial charge on any atom is 0.345 e. The van der Waals surface area contributed by atoms with Crippen LogP contribution in [0.5, 0.6) is 0 Å². The van der Waals surface area contributed by atoms with E-state index in [0.29, 0.717) is 12.8 Å². The molecule has 0 aliphatic rings. The van der Waals surface area contributed by atoms with Crippen molar-refractivity contribution in [3.8, 4) is 0 Å². The van der Waals surface area contributed by atoms with E-state index in [1.165, 1.54) is 6.92 Å². The van der Waals surface area contributed by atoms with Crippen LogP contribution in [-0.2, 0) is 28.7 Å². The van der Waals surface area contributed by atoms with Gasteiger partial charge in [0.25, 0.3) is 0 Å². The third kappa shape index (κ3) is 10.7. The molecule has 150 valence electrons. The Morgan fingerprint density at radius 2 is 1.38 bits per heavy atom. The van der Waals surface area contributed by atoms with E-state index in [9.17, 15) is 24.3 Å². The fourth-order valence-electron chi connectivity index (χ4n) is 2.83. The van der Waals surface area contributed by atoms with E-state index in [4.69, 9.17) is 14.6 Å². The Kier molecular flexibility index (Phi) is 12.1. The summed E-state index contributed by atoms with van der Waals surface area (Å²) in [5.41, 5.74) is 0. The molecule has 0 radical (unpaired) electrons. The Labute approximate surface area is 153 Å². The average Bonchev–Trinajstić information content (AvgIpc) is 2.51. The van der Waals surface area contributed by atoms with Crippen molar-refractivity contribution in [1.82, 2.24) is 0 Å². The molecule has 8 heteroatoms. The number of unbranched alkanes of at least 4 members (excludes halogenated alkanes) is 5. The van der Waals surface area contributed by atoms with Gasteiger partial charge in [-0.1, -0.05) is 39.0 Å². The molecule has 0 aliphatic carbocycles. The Balaban J connectivity index is 5.18. The summed E-state index contributed by atoms with van der Waals surface area (Å²) in [7, 11) is 0. The molecule has 0 aromatic heterocycles. The van der Waals surface area contributed by atoms with Crippen LogP contribution in [0.2, 0.25) is 0 Å². The summed E-state index contributed by atoms with van der Waals surface area (Å²) in [6.07, 6.45) is 2.93. The number of carbonyl (C=O) groups excluding carboxylic acids is 2. The Morgan fingerprint density at radius 3 is 1.85 bits per heavy atom. The van der Waals surface area contributed by atoms with Crippen LogP contribution >= 0.6 is 0 Å². The van der Waals surface area contributed by atoms with Crippen LogP contribution in [0.15, 0.2) is 0 Å². The number of aliphatic carboxylic acids is 2. The third-order valence-corrected chi connectivity index (χ3v) is 3.97. The van der Waals surface area contributed by atoms with Gasteiger partial charge >= 0.3 is 23.9 Å². The molecule has 0 fully saturated rings. The van der Waals surface area contributed by atoms with Gasteiger partial charge in [-0.05, 0) is 12.8 Å². The maximum absolute atomic E-state index is 11.5. The maximum atomic E-state index is 11.5. The highest BCUT2D eigenvalue weighted by Crippen LogP contribution is 2.25. The largest absolute Gasteiger partial charge is 0.481 e. The lowest BCUT2D eigenvalue weighted by Crippen LogP contribution is -2.43. The second kappa shape index (κ2) is 13.1. The number of rotatable bonds is 14. The van der Waals surface area contributed by atoms with Crippen LogP contribution in [0.3, 0.4) is 0 Å². The van der Waals surface area contributed by atoms with Crippen molar-refractivity contribution in [2.75, 3.05) is 0 Å². The van der Waals surface area contributed by atoms with Gasteiger partial charge in [-0.15, -0.1) is 0 Å². The fourth-order valence-corrected chi connectivity index (χ4v) is 2.83. The number of esters is 2. The second-order valence-corrected chi connectivity index (χ2v) is 6.33. The zero-order valence-corrected chi connectivity index (χ0v) is 15.7. The first-order valence-corrected chi connectivity index (χ1v) is 8.98. The van der Waals surface area contributed by atoms with Gasteiger partial charge in [-0.25, -0.2) is 4.79 Å². The molecule has 8 nitrogen and oxygen atoms in total. The molecule has 0 amide bonds. The first-order valence-electron chi connectivity index (χ1n) is 8.98. The minimum absolute atomic E-state index is 0.314. The van der Waals surface area contributed by atoms with E-state index < -0.39 is 48.4 Å². The Hall–Kier alpha value is -2.12. The van der Waals surface area contributed by atoms with Crippen molar-refractivity contribution >= 4 is 23.9 Å². The summed E-state index contributed by atoms with van der Waals surface area (Å²) in [5, 5.41) is 18.5. The normalized spacial score (nSPS) is 14.1. The summed E-state index contributed by atoms with van der Waals surface area (Å²) in [6.45, 7) is 4.32. The highest BCUT2D eigenvalue weighted by molar-refractivity contribution is 5.78. The molecule has 0 heterocycles. The van der Waals surface area contributed by atoms with Crippen molar-refractivity contribution in [2.45, 2.75) is 84.3 Å². The van der Waals surface area contributed by atoms with Gasteiger partial charge in [0.05, 0.1) is 12.3 Å². The highest BCUT2D eigenvalue weighted by Gasteiger charge is 2.39. The molecule has 0 aromatic carbocycles. The third-order valence-electron chi connectivity index (χ3n) is 3.97. The smallest absolute Gasteiger partial charge is 0.345 e. The Morgan fingerprint density at radius 1 is 0.846 bits per heavy atom. The standard InChI is InChI=1S/C18H30O8/c1-4-5-6-7-8-9-10-15(25-12(2)19)14(11-16(21)22)17(18(23)24)26-13(3)20/h14-15,17H,4-11H2,1-3H3,(H,21,22)(H,23,24). The molecule has 0 aliphatic heterocycles. The quantitative estimate of drug-likeness (QED) is 0.351. The van der Waals surface area contributed by atoms with Crippen LogP contribution in [0.25, 0.3) is 0 Å². The van der Waals surface area contributed by atoms with Crippen LogP contribution < -0.4 is 0 Å². The van der Waals surface area contributed by atoms with E-state index in [2.05, 4.69) is 6.92 Å². The van der Waals surface area contributed by atoms with Crippen molar-refractivity contribution in [2.24, 2.45) is 5.92 Å². The molecule has 3 atom stereocenters. The molecule has 3 unspecified atom stereocenters. The van der Waals surface area contributed by atoms with E-state index in [1.807, 2.05) is 0 Å². The van der Waals surface area contributed by atoms with Crippen molar-refractivity contribution in [3.05, 3.63) is 0 Å². The molecular formula is C18H30O8. The molecule has 2 N–H and O–H groups in total. The number of carboxylic acid groups (broad SMARTS) is 2. The van der Waals surface area contributed by atoms with Gasteiger partial charge in [-0.2, -0.15) is 0 Å². The number of hydrogen-bond donors (Lipinski definition) is 2. The molecule has 26 heavy (non-hydrogen) atoms. The lowest BCUT2D eigenvalue weighted by atomic mass is 9.88. The summed E-state index contributed by atoms with van der Waals surface area (Å²) < 4.78 is 10.0. The number of carboxylic acids is 2. The van der Waals surface area contributed by atoms with E-state index in [-0.39, 0.29) is 0 Å². The van der Waals surface area contributed by atoms with E-state index in [1.54, 1.807) is 0 Å². The van der Waals surface area contributed by atoms with Gasteiger partial charge in [0, 0.05) is 13.8 Å². The van der Waals surface area contributed by atoms with Crippen molar-refractivity contribution in [1.29, 1.82) is 0 Å². The van der Waals surface area contributed by atoms with Crippen LogP contribution in [0.4, 0.5) is 0 Å². The zero-order chi connectivity index (χ0) is 20.1. The average molecular weight is 374 g/mol. The van der Waals surface area contributed by atoms with Gasteiger partial charge in [0.2, 0.25) is 6.10 Å². The molecule has 0 saturated carbocycles. The lowest BCUT2D eigenvalue weighted by Gasteiger charge is -2.29.